The minimum Gasteiger partial charge on any atom is -0.508 e. The monoisotopic (exact) mass is 280 g/mol. The maximum absolute atomic E-state index is 11.7. The Kier molecular flexibility index (Phi) is 5.39. The Bertz CT molecular complexity index is 465. The molecule has 1 amide bonds. The van der Waals surface area contributed by atoms with Crippen LogP contribution in [0.15, 0.2) is 18.2 Å². The molecule has 112 valence electrons. The van der Waals surface area contributed by atoms with Crippen molar-refractivity contribution in [3.05, 3.63) is 23.8 Å². The van der Waals surface area contributed by atoms with Gasteiger partial charge in [-0.25, -0.2) is 4.79 Å². The summed E-state index contributed by atoms with van der Waals surface area (Å²) in [5, 5.41) is 12.4. The molecule has 4 N–H and O–H groups in total. The lowest BCUT2D eigenvalue weighted by Gasteiger charge is -2.20. The number of amides is 1. The molecule has 5 nitrogen and oxygen atoms in total. The molecule has 1 atom stereocenters. The first kappa shape index (κ1) is 16.3. The summed E-state index contributed by atoms with van der Waals surface area (Å²) in [7, 11) is 0. The zero-order valence-electron chi connectivity index (χ0n) is 12.6. The molecule has 0 heterocycles. The highest BCUT2D eigenvalue weighted by Crippen LogP contribution is 2.23. The van der Waals surface area contributed by atoms with E-state index in [1.807, 2.05) is 6.92 Å². The lowest BCUT2D eigenvalue weighted by atomic mass is 10.0. The molecule has 0 saturated carbocycles. The van der Waals surface area contributed by atoms with Gasteiger partial charge in [-0.1, -0.05) is 0 Å². The van der Waals surface area contributed by atoms with Crippen LogP contribution in [0.25, 0.3) is 0 Å². The van der Waals surface area contributed by atoms with Crippen molar-refractivity contribution in [3.8, 4) is 5.75 Å². The first-order valence-electron chi connectivity index (χ1n) is 6.75. The molecular weight excluding hydrogens is 256 g/mol. The Morgan fingerprint density at radius 1 is 1.45 bits per heavy atom. The number of aryl methyl sites for hydroxylation is 1. The van der Waals surface area contributed by atoms with Gasteiger partial charge in [0.05, 0.1) is 0 Å². The molecule has 0 aliphatic carbocycles. The second kappa shape index (κ2) is 6.61. The summed E-state index contributed by atoms with van der Waals surface area (Å²) < 4.78 is 5.18. The summed E-state index contributed by atoms with van der Waals surface area (Å²) in [5.41, 5.74) is 6.52. The summed E-state index contributed by atoms with van der Waals surface area (Å²) in [5.74, 6) is 0.209. The average Bonchev–Trinajstić information content (AvgIpc) is 2.27. The molecule has 1 aromatic rings. The van der Waals surface area contributed by atoms with Crippen LogP contribution in [0.3, 0.4) is 0 Å². The molecule has 0 fully saturated rings. The largest absolute Gasteiger partial charge is 0.508 e. The standard InChI is InChI=1S/C15H24N2O3/c1-10(16)5-6-11-9-12(7-8-13(11)18)17-14(19)20-15(2,3)4/h7-10,18H,5-6,16H2,1-4H3,(H,17,19)/t10-/m0/s1. The number of anilines is 1. The minimum absolute atomic E-state index is 0.0665. The van der Waals surface area contributed by atoms with E-state index in [1.54, 1.807) is 39.0 Å². The third kappa shape index (κ3) is 5.93. The Labute approximate surface area is 120 Å². The van der Waals surface area contributed by atoms with Crippen molar-refractivity contribution in [2.45, 2.75) is 52.2 Å². The van der Waals surface area contributed by atoms with Gasteiger partial charge in [0, 0.05) is 11.7 Å². The molecule has 0 aliphatic rings. The normalized spacial score (nSPS) is 12.8. The highest BCUT2D eigenvalue weighted by Gasteiger charge is 2.16. The summed E-state index contributed by atoms with van der Waals surface area (Å²) >= 11 is 0. The van der Waals surface area contributed by atoms with Gasteiger partial charge in [-0.3, -0.25) is 5.32 Å². The number of carbonyl (C=O) groups excluding carboxylic acids is 1. The second-order valence-corrected chi connectivity index (χ2v) is 5.99. The van der Waals surface area contributed by atoms with E-state index in [0.29, 0.717) is 12.1 Å². The molecule has 0 unspecified atom stereocenters. The van der Waals surface area contributed by atoms with Crippen LogP contribution >= 0.6 is 0 Å². The van der Waals surface area contributed by atoms with Crippen LogP contribution in [0.1, 0.15) is 39.7 Å². The first-order valence-corrected chi connectivity index (χ1v) is 6.75. The van der Waals surface area contributed by atoms with Gasteiger partial charge >= 0.3 is 6.09 Å². The second-order valence-electron chi connectivity index (χ2n) is 5.99. The van der Waals surface area contributed by atoms with E-state index in [4.69, 9.17) is 10.5 Å². The van der Waals surface area contributed by atoms with E-state index in [1.165, 1.54) is 0 Å². The highest BCUT2D eigenvalue weighted by atomic mass is 16.6. The van der Waals surface area contributed by atoms with Crippen LogP contribution in [0.5, 0.6) is 5.75 Å². The summed E-state index contributed by atoms with van der Waals surface area (Å²) in [6.45, 7) is 7.33. The van der Waals surface area contributed by atoms with Crippen molar-refractivity contribution < 1.29 is 14.6 Å². The average molecular weight is 280 g/mol. The fourth-order valence-electron chi connectivity index (χ4n) is 1.67. The minimum atomic E-state index is -0.543. The van der Waals surface area contributed by atoms with Crippen molar-refractivity contribution in [3.63, 3.8) is 0 Å². The number of phenolic OH excluding ortho intramolecular Hbond substituents is 1. The fraction of sp³-hybridized carbons (Fsp3) is 0.533. The van der Waals surface area contributed by atoms with Crippen molar-refractivity contribution in [2.24, 2.45) is 5.73 Å². The molecule has 0 aromatic heterocycles. The molecule has 0 saturated heterocycles. The van der Waals surface area contributed by atoms with Crippen molar-refractivity contribution >= 4 is 11.8 Å². The Balaban J connectivity index is 2.72. The van der Waals surface area contributed by atoms with Gasteiger partial charge in [-0.2, -0.15) is 0 Å². The summed E-state index contributed by atoms with van der Waals surface area (Å²) in [4.78, 5) is 11.7. The Hall–Kier alpha value is -1.75. The SMILES string of the molecule is C[C@H](N)CCc1cc(NC(=O)OC(C)(C)C)ccc1O. The number of aromatic hydroxyl groups is 1. The van der Waals surface area contributed by atoms with Crippen LogP contribution in [0.4, 0.5) is 10.5 Å². The fourth-order valence-corrected chi connectivity index (χ4v) is 1.67. The molecular formula is C15H24N2O3. The summed E-state index contributed by atoms with van der Waals surface area (Å²) in [6, 6.07) is 5.00. The maximum atomic E-state index is 11.7. The highest BCUT2D eigenvalue weighted by molar-refractivity contribution is 5.85. The van der Waals surface area contributed by atoms with Gasteiger partial charge in [-0.05, 0) is 64.3 Å². The number of phenols is 1. The number of rotatable bonds is 4. The van der Waals surface area contributed by atoms with Crippen LogP contribution in [0, 0.1) is 0 Å². The van der Waals surface area contributed by atoms with Gasteiger partial charge in [0.25, 0.3) is 0 Å². The van der Waals surface area contributed by atoms with Crippen LogP contribution in [0.2, 0.25) is 0 Å². The molecule has 0 aliphatic heterocycles. The van der Waals surface area contributed by atoms with Gasteiger partial charge in [0.2, 0.25) is 0 Å². The molecule has 1 aromatic carbocycles. The zero-order valence-corrected chi connectivity index (χ0v) is 12.6. The van der Waals surface area contributed by atoms with Crippen LogP contribution in [-0.4, -0.2) is 22.8 Å². The van der Waals surface area contributed by atoms with Crippen LogP contribution in [-0.2, 0) is 11.2 Å². The Morgan fingerprint density at radius 2 is 2.10 bits per heavy atom. The lowest BCUT2D eigenvalue weighted by Crippen LogP contribution is -2.27. The van der Waals surface area contributed by atoms with Crippen molar-refractivity contribution in [1.29, 1.82) is 0 Å². The van der Waals surface area contributed by atoms with E-state index < -0.39 is 11.7 Å². The Morgan fingerprint density at radius 3 is 2.65 bits per heavy atom. The van der Waals surface area contributed by atoms with E-state index in [9.17, 15) is 9.90 Å². The number of ether oxygens (including phenoxy) is 1. The smallest absolute Gasteiger partial charge is 0.412 e. The van der Waals surface area contributed by atoms with E-state index in [-0.39, 0.29) is 11.8 Å². The number of hydrogen-bond donors (Lipinski definition) is 3. The molecule has 1 rings (SSSR count). The van der Waals surface area contributed by atoms with E-state index in [0.717, 1.165) is 12.0 Å². The summed E-state index contributed by atoms with van der Waals surface area (Å²) in [6.07, 6.45) is 0.915. The molecule has 0 bridgehead atoms. The van der Waals surface area contributed by atoms with Crippen molar-refractivity contribution in [2.75, 3.05) is 5.32 Å². The van der Waals surface area contributed by atoms with E-state index >= 15 is 0 Å². The molecule has 20 heavy (non-hydrogen) atoms. The van der Waals surface area contributed by atoms with Crippen molar-refractivity contribution in [1.82, 2.24) is 0 Å². The maximum Gasteiger partial charge on any atom is 0.412 e. The number of nitrogens with one attached hydrogen (secondary N) is 1. The predicted molar refractivity (Wildman–Crippen MR) is 79.9 cm³/mol. The number of nitrogens with two attached hydrogens (primary N) is 1. The van der Waals surface area contributed by atoms with Gasteiger partial charge in [0.15, 0.2) is 0 Å². The number of benzene rings is 1. The number of hydrogen-bond acceptors (Lipinski definition) is 4. The van der Waals surface area contributed by atoms with E-state index in [2.05, 4.69) is 5.32 Å². The molecule has 0 radical (unpaired) electrons. The lowest BCUT2D eigenvalue weighted by molar-refractivity contribution is 0.0636. The quantitative estimate of drug-likeness (QED) is 0.740. The van der Waals surface area contributed by atoms with Gasteiger partial charge in [-0.15, -0.1) is 0 Å². The molecule has 0 spiro atoms. The third-order valence-corrected chi connectivity index (χ3v) is 2.59. The van der Waals surface area contributed by atoms with Gasteiger partial charge < -0.3 is 15.6 Å². The first-order chi connectivity index (χ1) is 9.17. The zero-order chi connectivity index (χ0) is 15.3. The van der Waals surface area contributed by atoms with Gasteiger partial charge in [0.1, 0.15) is 11.4 Å². The predicted octanol–water partition coefficient (Wildman–Crippen LogP) is 3.02. The topological polar surface area (TPSA) is 84.6 Å². The third-order valence-electron chi connectivity index (χ3n) is 2.59. The number of carbonyl (C=O) groups is 1. The molecule has 5 heteroatoms. The van der Waals surface area contributed by atoms with Crippen LogP contribution < -0.4 is 11.1 Å².